The van der Waals surface area contributed by atoms with Crippen molar-refractivity contribution in [1.29, 1.82) is 0 Å². The van der Waals surface area contributed by atoms with Crippen LogP contribution in [-0.2, 0) is 6.54 Å². The molecule has 6 heteroatoms. The van der Waals surface area contributed by atoms with Crippen LogP contribution >= 0.6 is 0 Å². The standard InChI is InChI=1S/C15H21N3O3/c1-12-4-2-5-13(10-12)15-16-14(21-17-15)11-18(7-9-20)6-3-8-19/h2,4-5,10,19-20H,3,6-9,11H2,1H3. The van der Waals surface area contributed by atoms with Gasteiger partial charge in [0, 0.05) is 25.3 Å². The SMILES string of the molecule is Cc1cccc(-c2noc(CN(CCO)CCCO)n2)c1. The second kappa shape index (κ2) is 7.87. The Kier molecular flexibility index (Phi) is 5.86. The number of nitrogens with zero attached hydrogens (tertiary/aromatic N) is 3. The maximum atomic E-state index is 9.06. The van der Waals surface area contributed by atoms with Crippen molar-refractivity contribution in [1.82, 2.24) is 15.0 Å². The zero-order valence-electron chi connectivity index (χ0n) is 12.2. The van der Waals surface area contributed by atoms with E-state index in [-0.39, 0.29) is 13.2 Å². The minimum absolute atomic E-state index is 0.0598. The van der Waals surface area contributed by atoms with Gasteiger partial charge in [-0.3, -0.25) is 4.90 Å². The molecule has 0 unspecified atom stereocenters. The van der Waals surface area contributed by atoms with Crippen LogP contribution in [0.5, 0.6) is 0 Å². The van der Waals surface area contributed by atoms with E-state index in [1.54, 1.807) is 0 Å². The molecule has 0 spiro atoms. The highest BCUT2D eigenvalue weighted by Crippen LogP contribution is 2.17. The summed E-state index contributed by atoms with van der Waals surface area (Å²) in [5, 5.41) is 21.9. The molecule has 1 aromatic carbocycles. The van der Waals surface area contributed by atoms with Crippen molar-refractivity contribution in [2.24, 2.45) is 0 Å². The number of hydrogen-bond acceptors (Lipinski definition) is 6. The molecule has 2 N–H and O–H groups in total. The van der Waals surface area contributed by atoms with E-state index in [1.165, 1.54) is 0 Å². The molecule has 0 saturated heterocycles. The molecule has 0 saturated carbocycles. The minimum atomic E-state index is 0.0598. The Morgan fingerprint density at radius 2 is 2.05 bits per heavy atom. The van der Waals surface area contributed by atoms with E-state index in [2.05, 4.69) is 10.1 Å². The van der Waals surface area contributed by atoms with Gasteiger partial charge in [0.1, 0.15) is 0 Å². The molecule has 114 valence electrons. The van der Waals surface area contributed by atoms with Crippen molar-refractivity contribution < 1.29 is 14.7 Å². The van der Waals surface area contributed by atoms with Gasteiger partial charge >= 0.3 is 0 Å². The van der Waals surface area contributed by atoms with Crippen molar-refractivity contribution >= 4 is 0 Å². The summed E-state index contributed by atoms with van der Waals surface area (Å²) in [6.45, 7) is 3.87. The molecule has 0 aliphatic rings. The lowest BCUT2D eigenvalue weighted by molar-refractivity contribution is 0.160. The molecule has 0 radical (unpaired) electrons. The van der Waals surface area contributed by atoms with Crippen LogP contribution in [-0.4, -0.2) is 51.6 Å². The van der Waals surface area contributed by atoms with Crippen LogP contribution in [0.15, 0.2) is 28.8 Å². The highest BCUT2D eigenvalue weighted by atomic mass is 16.5. The van der Waals surface area contributed by atoms with Gasteiger partial charge < -0.3 is 14.7 Å². The maximum absolute atomic E-state index is 9.06. The van der Waals surface area contributed by atoms with E-state index in [0.29, 0.717) is 37.8 Å². The number of aromatic nitrogens is 2. The Bertz CT molecular complexity index is 557. The van der Waals surface area contributed by atoms with Gasteiger partial charge in [0.2, 0.25) is 11.7 Å². The molecule has 0 fully saturated rings. The average molecular weight is 291 g/mol. The molecule has 2 rings (SSSR count). The Labute approximate surface area is 124 Å². The van der Waals surface area contributed by atoms with Gasteiger partial charge in [-0.15, -0.1) is 0 Å². The molecular formula is C15H21N3O3. The minimum Gasteiger partial charge on any atom is -0.396 e. The summed E-state index contributed by atoms with van der Waals surface area (Å²) in [4.78, 5) is 6.36. The molecule has 1 heterocycles. The summed E-state index contributed by atoms with van der Waals surface area (Å²) in [5.41, 5.74) is 2.07. The molecule has 2 aromatic rings. The number of aryl methyl sites for hydroxylation is 1. The van der Waals surface area contributed by atoms with Crippen LogP contribution in [0.1, 0.15) is 17.9 Å². The molecule has 21 heavy (non-hydrogen) atoms. The van der Waals surface area contributed by atoms with E-state index in [0.717, 1.165) is 11.1 Å². The first-order chi connectivity index (χ1) is 10.2. The highest BCUT2D eigenvalue weighted by molar-refractivity contribution is 5.55. The fourth-order valence-corrected chi connectivity index (χ4v) is 2.12. The summed E-state index contributed by atoms with van der Waals surface area (Å²) in [5.74, 6) is 1.08. The van der Waals surface area contributed by atoms with E-state index >= 15 is 0 Å². The maximum Gasteiger partial charge on any atom is 0.241 e. The zero-order chi connectivity index (χ0) is 15.1. The van der Waals surface area contributed by atoms with Gasteiger partial charge in [-0.1, -0.05) is 28.9 Å². The van der Waals surface area contributed by atoms with Crippen LogP contribution in [0.4, 0.5) is 0 Å². The van der Waals surface area contributed by atoms with Gasteiger partial charge in [0.25, 0.3) is 0 Å². The van der Waals surface area contributed by atoms with E-state index in [9.17, 15) is 0 Å². The van der Waals surface area contributed by atoms with Crippen molar-refractivity contribution in [3.8, 4) is 11.4 Å². The summed E-state index contributed by atoms with van der Waals surface area (Å²) in [6.07, 6.45) is 0.652. The number of rotatable bonds is 8. The molecule has 1 aromatic heterocycles. The predicted octanol–water partition coefficient (Wildman–Crippen LogP) is 1.22. The first-order valence-electron chi connectivity index (χ1n) is 7.06. The second-order valence-corrected chi connectivity index (χ2v) is 4.96. The third-order valence-electron chi connectivity index (χ3n) is 3.15. The van der Waals surface area contributed by atoms with Crippen molar-refractivity contribution in [3.05, 3.63) is 35.7 Å². The molecule has 0 atom stereocenters. The smallest absolute Gasteiger partial charge is 0.241 e. The Morgan fingerprint density at radius 1 is 1.19 bits per heavy atom. The number of aliphatic hydroxyl groups excluding tert-OH is 2. The van der Waals surface area contributed by atoms with E-state index < -0.39 is 0 Å². The first kappa shape index (κ1) is 15.6. The lowest BCUT2D eigenvalue weighted by Gasteiger charge is -2.18. The fraction of sp³-hybridized carbons (Fsp3) is 0.467. The van der Waals surface area contributed by atoms with Gasteiger partial charge in [-0.2, -0.15) is 4.98 Å². The van der Waals surface area contributed by atoms with E-state index in [1.807, 2.05) is 36.1 Å². The fourth-order valence-electron chi connectivity index (χ4n) is 2.12. The monoisotopic (exact) mass is 291 g/mol. The largest absolute Gasteiger partial charge is 0.396 e. The summed E-state index contributed by atoms with van der Waals surface area (Å²) in [6, 6.07) is 7.92. The third kappa shape index (κ3) is 4.63. The average Bonchev–Trinajstić information content (AvgIpc) is 2.93. The predicted molar refractivity (Wildman–Crippen MR) is 78.5 cm³/mol. The molecule has 0 amide bonds. The molecule has 0 aliphatic heterocycles. The van der Waals surface area contributed by atoms with Gasteiger partial charge in [-0.25, -0.2) is 0 Å². The molecule has 6 nitrogen and oxygen atoms in total. The summed E-state index contributed by atoms with van der Waals surface area (Å²) < 4.78 is 5.27. The first-order valence-corrected chi connectivity index (χ1v) is 7.06. The van der Waals surface area contributed by atoms with Crippen LogP contribution in [0.3, 0.4) is 0 Å². The number of aliphatic hydroxyl groups is 2. The van der Waals surface area contributed by atoms with Crippen LogP contribution < -0.4 is 0 Å². The lowest BCUT2D eigenvalue weighted by Crippen LogP contribution is -2.28. The van der Waals surface area contributed by atoms with Crippen molar-refractivity contribution in [2.75, 3.05) is 26.3 Å². The van der Waals surface area contributed by atoms with Crippen LogP contribution in [0.2, 0.25) is 0 Å². The summed E-state index contributed by atoms with van der Waals surface area (Å²) in [7, 11) is 0. The molecular weight excluding hydrogens is 270 g/mol. The Hall–Kier alpha value is -1.76. The number of benzene rings is 1. The van der Waals surface area contributed by atoms with E-state index in [4.69, 9.17) is 14.7 Å². The van der Waals surface area contributed by atoms with Crippen LogP contribution in [0.25, 0.3) is 11.4 Å². The summed E-state index contributed by atoms with van der Waals surface area (Å²) >= 11 is 0. The second-order valence-electron chi connectivity index (χ2n) is 4.96. The Morgan fingerprint density at radius 3 is 2.76 bits per heavy atom. The number of hydrogen-bond donors (Lipinski definition) is 2. The third-order valence-corrected chi connectivity index (χ3v) is 3.15. The van der Waals surface area contributed by atoms with Crippen LogP contribution in [0, 0.1) is 6.92 Å². The lowest BCUT2D eigenvalue weighted by atomic mass is 10.1. The van der Waals surface area contributed by atoms with Gasteiger partial charge in [-0.05, 0) is 19.4 Å². The van der Waals surface area contributed by atoms with Gasteiger partial charge in [0.15, 0.2) is 0 Å². The highest BCUT2D eigenvalue weighted by Gasteiger charge is 2.12. The quantitative estimate of drug-likeness (QED) is 0.761. The van der Waals surface area contributed by atoms with Gasteiger partial charge in [0.05, 0.1) is 13.2 Å². The van der Waals surface area contributed by atoms with Crippen molar-refractivity contribution in [3.63, 3.8) is 0 Å². The normalized spacial score (nSPS) is 11.2. The topological polar surface area (TPSA) is 82.6 Å². The Balaban J connectivity index is 2.04. The molecule has 0 bridgehead atoms. The molecule has 0 aliphatic carbocycles. The zero-order valence-corrected chi connectivity index (χ0v) is 12.2. The van der Waals surface area contributed by atoms with Crippen molar-refractivity contribution in [2.45, 2.75) is 19.9 Å².